The first-order valence-corrected chi connectivity index (χ1v) is 7.10. The van der Waals surface area contributed by atoms with E-state index in [1.165, 1.54) is 13.2 Å². The highest BCUT2D eigenvalue weighted by molar-refractivity contribution is 7.89. The van der Waals surface area contributed by atoms with Crippen molar-refractivity contribution in [2.24, 2.45) is 0 Å². The maximum absolute atomic E-state index is 12.2. The third-order valence-corrected chi connectivity index (χ3v) is 4.23. The number of methoxy groups -OCH3 is 1. The van der Waals surface area contributed by atoms with Crippen LogP contribution in [0.1, 0.15) is 18.1 Å². The van der Waals surface area contributed by atoms with Crippen molar-refractivity contribution < 1.29 is 18.3 Å². The van der Waals surface area contributed by atoms with Gasteiger partial charge in [0.25, 0.3) is 0 Å². The molecule has 0 spiro atoms. The van der Waals surface area contributed by atoms with Crippen molar-refractivity contribution in [2.45, 2.75) is 31.4 Å². The molecule has 0 saturated carbocycles. The standard InChI is InChI=1S/C12H19NO4S/c1-9-4-5-11(7-14)6-12(9)18(15,16)13-10(2)8-17-3/h4-6,10,13-14H,7-8H2,1-3H3. The number of ether oxygens (including phenoxy) is 1. The van der Waals surface area contributed by atoms with Gasteiger partial charge in [-0.25, -0.2) is 13.1 Å². The molecule has 0 bridgehead atoms. The van der Waals surface area contributed by atoms with E-state index in [0.29, 0.717) is 17.7 Å². The number of hydrogen-bond donors (Lipinski definition) is 2. The van der Waals surface area contributed by atoms with E-state index < -0.39 is 10.0 Å². The Kier molecular flexibility index (Phi) is 5.28. The zero-order valence-corrected chi connectivity index (χ0v) is 11.6. The summed E-state index contributed by atoms with van der Waals surface area (Å²) in [7, 11) is -2.07. The van der Waals surface area contributed by atoms with Crippen LogP contribution in [0.15, 0.2) is 23.1 Å². The van der Waals surface area contributed by atoms with Gasteiger partial charge in [-0.15, -0.1) is 0 Å². The maximum Gasteiger partial charge on any atom is 0.241 e. The summed E-state index contributed by atoms with van der Waals surface area (Å²) in [5.41, 5.74) is 1.21. The number of aliphatic hydroxyl groups excluding tert-OH is 1. The summed E-state index contributed by atoms with van der Waals surface area (Å²) in [5.74, 6) is 0. The number of benzene rings is 1. The zero-order chi connectivity index (χ0) is 13.8. The Hall–Kier alpha value is -0.950. The van der Waals surface area contributed by atoms with Gasteiger partial charge in [-0.05, 0) is 31.0 Å². The van der Waals surface area contributed by atoms with Crippen LogP contribution in [0.2, 0.25) is 0 Å². The molecule has 0 aliphatic rings. The molecule has 2 N–H and O–H groups in total. The van der Waals surface area contributed by atoms with E-state index in [9.17, 15) is 8.42 Å². The number of hydrogen-bond acceptors (Lipinski definition) is 4. The van der Waals surface area contributed by atoms with Crippen LogP contribution in [0, 0.1) is 6.92 Å². The van der Waals surface area contributed by atoms with E-state index in [2.05, 4.69) is 4.72 Å². The van der Waals surface area contributed by atoms with E-state index in [4.69, 9.17) is 9.84 Å². The molecule has 5 nitrogen and oxygen atoms in total. The predicted molar refractivity (Wildman–Crippen MR) is 68.8 cm³/mol. The SMILES string of the molecule is COCC(C)NS(=O)(=O)c1cc(CO)ccc1C. The summed E-state index contributed by atoms with van der Waals surface area (Å²) in [5, 5.41) is 9.05. The molecule has 0 aliphatic carbocycles. The van der Waals surface area contributed by atoms with Gasteiger partial charge in [-0.3, -0.25) is 0 Å². The highest BCUT2D eigenvalue weighted by Crippen LogP contribution is 2.17. The molecule has 0 fully saturated rings. The van der Waals surface area contributed by atoms with Crippen molar-refractivity contribution in [1.29, 1.82) is 0 Å². The minimum Gasteiger partial charge on any atom is -0.392 e. The quantitative estimate of drug-likeness (QED) is 0.804. The molecular weight excluding hydrogens is 254 g/mol. The molecule has 1 atom stereocenters. The number of rotatable bonds is 6. The lowest BCUT2D eigenvalue weighted by Gasteiger charge is -2.15. The number of sulfonamides is 1. The fraction of sp³-hybridized carbons (Fsp3) is 0.500. The molecule has 1 aromatic carbocycles. The largest absolute Gasteiger partial charge is 0.392 e. The van der Waals surface area contributed by atoms with Gasteiger partial charge in [0.2, 0.25) is 10.0 Å². The van der Waals surface area contributed by atoms with Crippen molar-refractivity contribution in [3.63, 3.8) is 0 Å². The second-order valence-corrected chi connectivity index (χ2v) is 5.92. The van der Waals surface area contributed by atoms with Gasteiger partial charge in [0.1, 0.15) is 0 Å². The van der Waals surface area contributed by atoms with Crippen molar-refractivity contribution in [2.75, 3.05) is 13.7 Å². The molecule has 0 amide bonds. The first-order valence-electron chi connectivity index (χ1n) is 5.62. The van der Waals surface area contributed by atoms with Gasteiger partial charge in [0, 0.05) is 13.2 Å². The van der Waals surface area contributed by atoms with E-state index >= 15 is 0 Å². The van der Waals surface area contributed by atoms with Gasteiger partial charge in [-0.2, -0.15) is 0 Å². The summed E-state index contributed by atoms with van der Waals surface area (Å²) in [6.45, 7) is 3.57. The topological polar surface area (TPSA) is 75.6 Å². The van der Waals surface area contributed by atoms with Crippen molar-refractivity contribution in [3.8, 4) is 0 Å². The molecule has 0 aliphatic heterocycles. The molecule has 18 heavy (non-hydrogen) atoms. The maximum atomic E-state index is 12.2. The second kappa shape index (κ2) is 6.29. The van der Waals surface area contributed by atoms with Gasteiger partial charge in [0.05, 0.1) is 18.1 Å². The van der Waals surface area contributed by atoms with Crippen LogP contribution < -0.4 is 4.72 Å². The second-order valence-electron chi connectivity index (χ2n) is 4.24. The molecule has 0 radical (unpaired) electrons. The molecule has 6 heteroatoms. The highest BCUT2D eigenvalue weighted by Gasteiger charge is 2.19. The number of nitrogens with one attached hydrogen (secondary N) is 1. The van der Waals surface area contributed by atoms with Crippen LogP contribution in [0.5, 0.6) is 0 Å². The van der Waals surface area contributed by atoms with Crippen molar-refractivity contribution >= 4 is 10.0 Å². The highest BCUT2D eigenvalue weighted by atomic mass is 32.2. The van der Waals surface area contributed by atoms with Crippen molar-refractivity contribution in [1.82, 2.24) is 4.72 Å². The molecule has 102 valence electrons. The minimum atomic E-state index is -3.59. The van der Waals surface area contributed by atoms with Crippen LogP contribution in [0.4, 0.5) is 0 Å². The molecular formula is C12H19NO4S. The van der Waals surface area contributed by atoms with Crippen LogP contribution in [-0.4, -0.2) is 33.3 Å². The van der Waals surface area contributed by atoms with E-state index in [-0.39, 0.29) is 17.5 Å². The van der Waals surface area contributed by atoms with Crippen molar-refractivity contribution in [3.05, 3.63) is 29.3 Å². The Morgan fingerprint density at radius 1 is 1.44 bits per heavy atom. The summed E-state index contributed by atoms with van der Waals surface area (Å²) in [6.07, 6.45) is 0. The van der Waals surface area contributed by atoms with Crippen LogP contribution in [0.25, 0.3) is 0 Å². The lowest BCUT2D eigenvalue weighted by Crippen LogP contribution is -2.35. The number of aryl methyl sites for hydroxylation is 1. The summed E-state index contributed by atoms with van der Waals surface area (Å²) >= 11 is 0. The third kappa shape index (κ3) is 3.78. The fourth-order valence-electron chi connectivity index (χ4n) is 1.64. The van der Waals surface area contributed by atoms with E-state index in [1.54, 1.807) is 26.0 Å². The van der Waals surface area contributed by atoms with E-state index in [1.807, 2.05) is 0 Å². The minimum absolute atomic E-state index is 0.184. The molecule has 0 aromatic heterocycles. The predicted octanol–water partition coefficient (Wildman–Crippen LogP) is 0.801. The van der Waals surface area contributed by atoms with E-state index in [0.717, 1.165) is 0 Å². The number of aliphatic hydroxyl groups is 1. The Labute approximate surface area is 108 Å². The molecule has 0 saturated heterocycles. The lowest BCUT2D eigenvalue weighted by molar-refractivity contribution is 0.180. The van der Waals surface area contributed by atoms with Crippen LogP contribution in [-0.2, 0) is 21.4 Å². The monoisotopic (exact) mass is 273 g/mol. The summed E-state index contributed by atoms with van der Waals surface area (Å²) in [6, 6.07) is 4.56. The molecule has 0 heterocycles. The molecule has 1 rings (SSSR count). The summed E-state index contributed by atoms with van der Waals surface area (Å²) < 4.78 is 31.7. The van der Waals surface area contributed by atoms with Gasteiger partial charge >= 0.3 is 0 Å². The zero-order valence-electron chi connectivity index (χ0n) is 10.8. The van der Waals surface area contributed by atoms with Gasteiger partial charge < -0.3 is 9.84 Å². The Balaban J connectivity index is 3.04. The fourth-order valence-corrected chi connectivity index (χ4v) is 3.17. The van der Waals surface area contributed by atoms with Crippen LogP contribution in [0.3, 0.4) is 0 Å². The Bertz CT molecular complexity index is 499. The Morgan fingerprint density at radius 3 is 2.67 bits per heavy atom. The Morgan fingerprint density at radius 2 is 2.11 bits per heavy atom. The summed E-state index contributed by atoms with van der Waals surface area (Å²) in [4.78, 5) is 0.192. The smallest absolute Gasteiger partial charge is 0.241 e. The average molecular weight is 273 g/mol. The lowest BCUT2D eigenvalue weighted by atomic mass is 10.2. The molecule has 1 aromatic rings. The normalized spacial score (nSPS) is 13.6. The molecule has 1 unspecified atom stereocenters. The third-order valence-electron chi connectivity index (χ3n) is 2.50. The first kappa shape index (κ1) is 15.1. The first-order chi connectivity index (χ1) is 8.40. The van der Waals surface area contributed by atoms with Crippen LogP contribution >= 0.6 is 0 Å². The van der Waals surface area contributed by atoms with Gasteiger partial charge in [-0.1, -0.05) is 12.1 Å². The van der Waals surface area contributed by atoms with Gasteiger partial charge in [0.15, 0.2) is 0 Å². The average Bonchev–Trinajstić information content (AvgIpc) is 2.29.